The minimum absolute atomic E-state index is 0.0302. The van der Waals surface area contributed by atoms with Crippen LogP contribution < -0.4 is 5.32 Å². The molecule has 0 aromatic carbocycles. The number of hydrogen-bond donors (Lipinski definition) is 1. The van der Waals surface area contributed by atoms with E-state index in [2.05, 4.69) is 29.2 Å². The van der Waals surface area contributed by atoms with Gasteiger partial charge in [0.2, 0.25) is 5.91 Å². The topological polar surface area (TPSA) is 54.0 Å². The van der Waals surface area contributed by atoms with Crippen molar-refractivity contribution in [3.63, 3.8) is 0 Å². The molecule has 22 heavy (non-hydrogen) atoms. The fraction of sp³-hybridized carbons (Fsp3) is 0.938. The summed E-state index contributed by atoms with van der Waals surface area (Å²) in [5, 5.41) is 3.02. The summed E-state index contributed by atoms with van der Waals surface area (Å²) in [6, 6.07) is 0.372. The number of likely N-dealkylation sites (N-methyl/N-ethyl adjacent to an activating group) is 2. The van der Waals surface area contributed by atoms with E-state index in [0.29, 0.717) is 19.2 Å². The summed E-state index contributed by atoms with van der Waals surface area (Å²) in [4.78, 5) is 16.7. The second-order valence-corrected chi connectivity index (χ2v) is 6.61. The summed E-state index contributed by atoms with van der Waals surface area (Å²) in [6.45, 7) is 6.94. The lowest BCUT2D eigenvalue weighted by molar-refractivity contribution is -0.135. The molecule has 6 heteroatoms. The van der Waals surface area contributed by atoms with Crippen LogP contribution in [0, 0.1) is 0 Å². The molecule has 2 fully saturated rings. The lowest BCUT2D eigenvalue weighted by Gasteiger charge is -2.37. The van der Waals surface area contributed by atoms with Gasteiger partial charge in [-0.15, -0.1) is 0 Å². The Kier molecular flexibility index (Phi) is 7.08. The third-order valence-corrected chi connectivity index (χ3v) is 4.67. The monoisotopic (exact) mass is 313 g/mol. The number of piperazine rings is 1. The summed E-state index contributed by atoms with van der Waals surface area (Å²) in [5.41, 5.74) is 0. The third-order valence-electron chi connectivity index (χ3n) is 4.67. The summed E-state index contributed by atoms with van der Waals surface area (Å²) in [7, 11) is 4.24. The Balaban J connectivity index is 1.65. The van der Waals surface area contributed by atoms with Gasteiger partial charge in [-0.3, -0.25) is 9.69 Å². The average Bonchev–Trinajstić information content (AvgIpc) is 2.54. The van der Waals surface area contributed by atoms with Gasteiger partial charge in [0.15, 0.2) is 0 Å². The van der Waals surface area contributed by atoms with E-state index in [9.17, 15) is 4.79 Å². The minimum atomic E-state index is -0.419. The van der Waals surface area contributed by atoms with E-state index in [4.69, 9.17) is 9.47 Å². The zero-order chi connectivity index (χ0) is 15.9. The number of nitrogens with zero attached hydrogens (tertiary/aromatic N) is 2. The molecule has 2 rings (SSSR count). The Morgan fingerprint density at radius 1 is 1.36 bits per heavy atom. The van der Waals surface area contributed by atoms with Gasteiger partial charge >= 0.3 is 0 Å². The Morgan fingerprint density at radius 2 is 2.18 bits per heavy atom. The van der Waals surface area contributed by atoms with Crippen molar-refractivity contribution in [3.05, 3.63) is 0 Å². The molecule has 0 aliphatic carbocycles. The lowest BCUT2D eigenvalue weighted by atomic mass is 10.1. The van der Waals surface area contributed by atoms with Crippen molar-refractivity contribution in [3.8, 4) is 0 Å². The van der Waals surface area contributed by atoms with Crippen LogP contribution in [0.1, 0.15) is 26.2 Å². The quantitative estimate of drug-likeness (QED) is 0.765. The molecule has 0 radical (unpaired) electrons. The van der Waals surface area contributed by atoms with E-state index in [-0.39, 0.29) is 12.0 Å². The van der Waals surface area contributed by atoms with Crippen LogP contribution in [-0.2, 0) is 14.3 Å². The molecule has 2 heterocycles. The van der Waals surface area contributed by atoms with Crippen LogP contribution in [0.3, 0.4) is 0 Å². The first-order valence-corrected chi connectivity index (χ1v) is 8.46. The molecule has 0 bridgehead atoms. The SMILES string of the molecule is CC(OCC1CCCCO1)C(=O)NCC1CN(C)CCN1C. The Hall–Kier alpha value is -0.690. The number of carbonyl (C=O) groups is 1. The summed E-state index contributed by atoms with van der Waals surface area (Å²) in [5.74, 6) is -0.0302. The van der Waals surface area contributed by atoms with Gasteiger partial charge in [-0.1, -0.05) is 0 Å². The van der Waals surface area contributed by atoms with Crippen molar-refractivity contribution in [2.45, 2.75) is 44.4 Å². The third kappa shape index (κ3) is 5.50. The second kappa shape index (κ2) is 8.82. The second-order valence-electron chi connectivity index (χ2n) is 6.61. The van der Waals surface area contributed by atoms with Gasteiger partial charge in [-0.25, -0.2) is 0 Å². The van der Waals surface area contributed by atoms with Gasteiger partial charge in [0.05, 0.1) is 12.7 Å². The number of hydrogen-bond acceptors (Lipinski definition) is 5. The Labute approximate surface area is 134 Å². The van der Waals surface area contributed by atoms with Gasteiger partial charge < -0.3 is 19.7 Å². The summed E-state index contributed by atoms with van der Waals surface area (Å²) >= 11 is 0. The molecule has 0 aromatic heterocycles. The number of nitrogens with one attached hydrogen (secondary N) is 1. The van der Waals surface area contributed by atoms with Crippen molar-refractivity contribution in [2.24, 2.45) is 0 Å². The first-order chi connectivity index (χ1) is 10.6. The van der Waals surface area contributed by atoms with Crippen LogP contribution in [0.25, 0.3) is 0 Å². The molecule has 2 aliphatic heterocycles. The normalized spacial score (nSPS) is 29.2. The summed E-state index contributed by atoms with van der Waals surface area (Å²) in [6.07, 6.45) is 3.10. The smallest absolute Gasteiger partial charge is 0.248 e. The highest BCUT2D eigenvalue weighted by molar-refractivity contribution is 5.80. The number of carbonyl (C=O) groups excluding carboxylic acids is 1. The maximum absolute atomic E-state index is 12.1. The maximum atomic E-state index is 12.1. The van der Waals surface area contributed by atoms with Crippen molar-refractivity contribution in [2.75, 3.05) is 53.5 Å². The van der Waals surface area contributed by atoms with Crippen LogP contribution >= 0.6 is 0 Å². The molecule has 0 aromatic rings. The Bertz CT molecular complexity index is 348. The maximum Gasteiger partial charge on any atom is 0.248 e. The van der Waals surface area contributed by atoms with Gasteiger partial charge in [0.25, 0.3) is 0 Å². The van der Waals surface area contributed by atoms with Crippen LogP contribution in [0.4, 0.5) is 0 Å². The Morgan fingerprint density at radius 3 is 2.91 bits per heavy atom. The van der Waals surface area contributed by atoms with Crippen LogP contribution in [-0.4, -0.2) is 87.4 Å². The zero-order valence-electron chi connectivity index (χ0n) is 14.2. The molecule has 3 atom stereocenters. The zero-order valence-corrected chi connectivity index (χ0v) is 14.2. The van der Waals surface area contributed by atoms with E-state index in [1.165, 1.54) is 6.42 Å². The van der Waals surface area contributed by atoms with Gasteiger partial charge in [0, 0.05) is 38.8 Å². The van der Waals surface area contributed by atoms with Crippen molar-refractivity contribution in [1.29, 1.82) is 0 Å². The van der Waals surface area contributed by atoms with E-state index in [1.807, 2.05) is 6.92 Å². The molecule has 3 unspecified atom stereocenters. The number of amides is 1. The average molecular weight is 313 g/mol. The minimum Gasteiger partial charge on any atom is -0.376 e. The van der Waals surface area contributed by atoms with Gasteiger partial charge in [0.1, 0.15) is 6.10 Å². The summed E-state index contributed by atoms with van der Waals surface area (Å²) < 4.78 is 11.3. The molecule has 1 N–H and O–H groups in total. The van der Waals surface area contributed by atoms with E-state index >= 15 is 0 Å². The van der Waals surface area contributed by atoms with Crippen molar-refractivity contribution < 1.29 is 14.3 Å². The van der Waals surface area contributed by atoms with E-state index in [0.717, 1.165) is 39.1 Å². The number of ether oxygens (including phenoxy) is 2. The molecule has 1 amide bonds. The van der Waals surface area contributed by atoms with Gasteiger partial charge in [-0.05, 0) is 40.3 Å². The lowest BCUT2D eigenvalue weighted by Crippen LogP contribution is -2.55. The highest BCUT2D eigenvalue weighted by atomic mass is 16.5. The molecule has 2 saturated heterocycles. The van der Waals surface area contributed by atoms with Crippen LogP contribution in [0.15, 0.2) is 0 Å². The standard InChI is InChI=1S/C16H31N3O3/c1-13(22-12-15-6-4-5-9-21-15)16(20)17-10-14-11-18(2)7-8-19(14)3/h13-15H,4-12H2,1-3H3,(H,17,20). The first kappa shape index (κ1) is 17.7. The van der Waals surface area contributed by atoms with Crippen molar-refractivity contribution in [1.82, 2.24) is 15.1 Å². The highest BCUT2D eigenvalue weighted by Gasteiger charge is 2.24. The molecule has 0 spiro atoms. The molecule has 2 aliphatic rings. The molecule has 128 valence electrons. The number of rotatable bonds is 6. The van der Waals surface area contributed by atoms with Crippen LogP contribution in [0.2, 0.25) is 0 Å². The fourth-order valence-electron chi connectivity index (χ4n) is 2.95. The predicted octanol–water partition coefficient (Wildman–Crippen LogP) is 0.323. The predicted molar refractivity (Wildman–Crippen MR) is 85.9 cm³/mol. The largest absolute Gasteiger partial charge is 0.376 e. The van der Waals surface area contributed by atoms with Crippen molar-refractivity contribution >= 4 is 5.91 Å². The van der Waals surface area contributed by atoms with Crippen LogP contribution in [0.5, 0.6) is 0 Å². The van der Waals surface area contributed by atoms with Gasteiger partial charge in [-0.2, -0.15) is 0 Å². The molecular weight excluding hydrogens is 282 g/mol. The molecule has 6 nitrogen and oxygen atoms in total. The van der Waals surface area contributed by atoms with E-state index in [1.54, 1.807) is 0 Å². The molecule has 0 saturated carbocycles. The first-order valence-electron chi connectivity index (χ1n) is 8.46. The fourth-order valence-corrected chi connectivity index (χ4v) is 2.95. The molecular formula is C16H31N3O3. The highest BCUT2D eigenvalue weighted by Crippen LogP contribution is 2.13. The van der Waals surface area contributed by atoms with E-state index < -0.39 is 6.10 Å².